The van der Waals surface area contributed by atoms with Crippen molar-refractivity contribution >= 4 is 17.6 Å². The minimum Gasteiger partial charge on any atom is -0.481 e. The molecule has 1 unspecified atom stereocenters. The van der Waals surface area contributed by atoms with E-state index in [-0.39, 0.29) is 6.54 Å². The van der Waals surface area contributed by atoms with Gasteiger partial charge in [0.15, 0.2) is 0 Å². The van der Waals surface area contributed by atoms with Crippen LogP contribution in [0.5, 0.6) is 0 Å². The summed E-state index contributed by atoms with van der Waals surface area (Å²) in [6.07, 6.45) is 0. The van der Waals surface area contributed by atoms with Crippen molar-refractivity contribution in [2.75, 3.05) is 6.54 Å². The SMILES string of the molecule is Cc1nn(C)c(Cl)c1C(CN)C(=O)O. The lowest BCUT2D eigenvalue weighted by Gasteiger charge is -2.08. The van der Waals surface area contributed by atoms with Crippen molar-refractivity contribution in [2.24, 2.45) is 12.8 Å². The van der Waals surface area contributed by atoms with Crippen molar-refractivity contribution in [1.29, 1.82) is 0 Å². The average molecular weight is 218 g/mol. The highest BCUT2D eigenvalue weighted by Crippen LogP contribution is 2.26. The van der Waals surface area contributed by atoms with E-state index in [9.17, 15) is 4.79 Å². The lowest BCUT2D eigenvalue weighted by Crippen LogP contribution is -2.21. The number of aromatic nitrogens is 2. The maximum atomic E-state index is 10.9. The molecule has 1 atom stereocenters. The van der Waals surface area contributed by atoms with Gasteiger partial charge in [-0.1, -0.05) is 11.6 Å². The van der Waals surface area contributed by atoms with E-state index in [0.29, 0.717) is 16.4 Å². The minimum atomic E-state index is -0.981. The molecule has 14 heavy (non-hydrogen) atoms. The Balaban J connectivity index is 3.22. The molecule has 3 N–H and O–H groups in total. The number of halogens is 1. The van der Waals surface area contributed by atoms with Crippen molar-refractivity contribution < 1.29 is 9.90 Å². The number of nitrogens with two attached hydrogens (primary N) is 1. The van der Waals surface area contributed by atoms with Crippen molar-refractivity contribution in [3.05, 3.63) is 16.4 Å². The number of carboxylic acid groups (broad SMARTS) is 1. The molecule has 5 nitrogen and oxygen atoms in total. The van der Waals surface area contributed by atoms with Gasteiger partial charge in [-0.3, -0.25) is 9.48 Å². The van der Waals surface area contributed by atoms with Crippen LogP contribution in [0.2, 0.25) is 5.15 Å². The summed E-state index contributed by atoms with van der Waals surface area (Å²) in [4.78, 5) is 10.9. The van der Waals surface area contributed by atoms with E-state index in [2.05, 4.69) is 5.10 Å². The van der Waals surface area contributed by atoms with Crippen LogP contribution in [0.3, 0.4) is 0 Å². The van der Waals surface area contributed by atoms with Crippen LogP contribution in [0.15, 0.2) is 0 Å². The second-order valence-electron chi connectivity index (χ2n) is 3.04. The Morgan fingerprint density at radius 2 is 2.36 bits per heavy atom. The van der Waals surface area contributed by atoms with Gasteiger partial charge in [0.25, 0.3) is 0 Å². The third-order valence-corrected chi connectivity index (χ3v) is 2.53. The highest BCUT2D eigenvalue weighted by molar-refractivity contribution is 6.30. The smallest absolute Gasteiger partial charge is 0.312 e. The molecular formula is C8H12ClN3O2. The maximum absolute atomic E-state index is 10.9. The summed E-state index contributed by atoms with van der Waals surface area (Å²) in [5.41, 5.74) is 6.49. The van der Waals surface area contributed by atoms with Gasteiger partial charge in [-0.25, -0.2) is 0 Å². The van der Waals surface area contributed by atoms with Gasteiger partial charge in [0.05, 0.1) is 11.6 Å². The summed E-state index contributed by atoms with van der Waals surface area (Å²) >= 11 is 5.91. The van der Waals surface area contributed by atoms with Crippen molar-refractivity contribution in [1.82, 2.24) is 9.78 Å². The van der Waals surface area contributed by atoms with E-state index in [1.54, 1.807) is 14.0 Å². The summed E-state index contributed by atoms with van der Waals surface area (Å²) in [5, 5.41) is 13.3. The fourth-order valence-electron chi connectivity index (χ4n) is 1.38. The molecule has 1 heterocycles. The highest BCUT2D eigenvalue weighted by atomic mass is 35.5. The third kappa shape index (κ3) is 1.73. The summed E-state index contributed by atoms with van der Waals surface area (Å²) in [5.74, 6) is -1.76. The van der Waals surface area contributed by atoms with Gasteiger partial charge < -0.3 is 10.8 Å². The van der Waals surface area contributed by atoms with Gasteiger partial charge in [0.2, 0.25) is 0 Å². The summed E-state index contributed by atoms with van der Waals surface area (Å²) in [6.45, 7) is 1.73. The number of nitrogens with zero attached hydrogens (tertiary/aromatic N) is 2. The Morgan fingerprint density at radius 3 is 2.64 bits per heavy atom. The van der Waals surface area contributed by atoms with E-state index in [4.69, 9.17) is 22.4 Å². The normalized spacial score (nSPS) is 12.9. The first-order valence-electron chi connectivity index (χ1n) is 4.10. The van der Waals surface area contributed by atoms with E-state index >= 15 is 0 Å². The number of aryl methyl sites for hydroxylation is 2. The zero-order valence-electron chi connectivity index (χ0n) is 7.99. The molecule has 1 rings (SSSR count). The Morgan fingerprint density at radius 1 is 1.79 bits per heavy atom. The zero-order valence-corrected chi connectivity index (χ0v) is 8.75. The van der Waals surface area contributed by atoms with Crippen LogP contribution in [0.4, 0.5) is 0 Å². The van der Waals surface area contributed by atoms with Gasteiger partial charge in [-0.05, 0) is 6.92 Å². The fourth-order valence-corrected chi connectivity index (χ4v) is 1.69. The molecule has 1 aromatic rings. The summed E-state index contributed by atoms with van der Waals surface area (Å²) in [7, 11) is 1.66. The Kier molecular flexibility index (Phi) is 3.13. The standard InChI is InChI=1S/C8H12ClN3O2/c1-4-6(5(3-10)8(13)14)7(9)12(2)11-4/h5H,3,10H2,1-2H3,(H,13,14). The van der Waals surface area contributed by atoms with Gasteiger partial charge in [-0.2, -0.15) is 5.10 Å². The molecule has 0 aliphatic carbocycles. The Labute approximate surface area is 86.5 Å². The van der Waals surface area contributed by atoms with Crippen molar-refractivity contribution in [2.45, 2.75) is 12.8 Å². The van der Waals surface area contributed by atoms with Crippen molar-refractivity contribution in [3.63, 3.8) is 0 Å². The first-order chi connectivity index (χ1) is 6.49. The summed E-state index contributed by atoms with van der Waals surface area (Å²) < 4.78 is 1.44. The van der Waals surface area contributed by atoms with E-state index in [1.807, 2.05) is 0 Å². The van der Waals surface area contributed by atoms with Gasteiger partial charge in [0, 0.05) is 19.2 Å². The topological polar surface area (TPSA) is 81.1 Å². The number of rotatable bonds is 3. The minimum absolute atomic E-state index is 0.0155. The van der Waals surface area contributed by atoms with Gasteiger partial charge in [0.1, 0.15) is 5.15 Å². The van der Waals surface area contributed by atoms with Crippen LogP contribution in [-0.4, -0.2) is 27.4 Å². The number of aliphatic carboxylic acids is 1. The lowest BCUT2D eigenvalue weighted by atomic mass is 10.0. The molecule has 0 radical (unpaired) electrons. The quantitative estimate of drug-likeness (QED) is 0.773. The molecule has 0 bridgehead atoms. The highest BCUT2D eigenvalue weighted by Gasteiger charge is 2.25. The van der Waals surface area contributed by atoms with Crippen LogP contribution >= 0.6 is 11.6 Å². The molecule has 0 fully saturated rings. The first-order valence-corrected chi connectivity index (χ1v) is 4.48. The second-order valence-corrected chi connectivity index (χ2v) is 3.40. The lowest BCUT2D eigenvalue weighted by molar-refractivity contribution is -0.138. The predicted octanol–water partition coefficient (Wildman–Crippen LogP) is 0.509. The molecular weight excluding hydrogens is 206 g/mol. The maximum Gasteiger partial charge on any atom is 0.312 e. The molecule has 1 aromatic heterocycles. The van der Waals surface area contributed by atoms with E-state index in [1.165, 1.54) is 4.68 Å². The van der Waals surface area contributed by atoms with Crippen LogP contribution in [0, 0.1) is 6.92 Å². The van der Waals surface area contributed by atoms with Crippen LogP contribution in [0.25, 0.3) is 0 Å². The molecule has 0 aliphatic heterocycles. The number of hydrogen-bond acceptors (Lipinski definition) is 3. The molecule has 0 aliphatic rings. The molecule has 78 valence electrons. The predicted molar refractivity (Wildman–Crippen MR) is 52.4 cm³/mol. The largest absolute Gasteiger partial charge is 0.481 e. The monoisotopic (exact) mass is 217 g/mol. The van der Waals surface area contributed by atoms with Crippen LogP contribution < -0.4 is 5.73 Å². The number of carboxylic acids is 1. The zero-order chi connectivity index (χ0) is 10.9. The third-order valence-electron chi connectivity index (χ3n) is 2.08. The van der Waals surface area contributed by atoms with Crippen LogP contribution in [-0.2, 0) is 11.8 Å². The molecule has 0 saturated carbocycles. The average Bonchev–Trinajstić information content (AvgIpc) is 2.32. The molecule has 0 saturated heterocycles. The molecule has 0 aromatic carbocycles. The molecule has 0 amide bonds. The second kappa shape index (κ2) is 3.98. The number of hydrogen-bond donors (Lipinski definition) is 2. The van der Waals surface area contributed by atoms with Gasteiger partial charge in [-0.15, -0.1) is 0 Å². The molecule has 0 spiro atoms. The number of carbonyl (C=O) groups is 1. The van der Waals surface area contributed by atoms with Crippen LogP contribution in [0.1, 0.15) is 17.2 Å². The Bertz CT molecular complexity index is 362. The van der Waals surface area contributed by atoms with E-state index < -0.39 is 11.9 Å². The summed E-state index contributed by atoms with van der Waals surface area (Å²) in [6, 6.07) is 0. The van der Waals surface area contributed by atoms with E-state index in [0.717, 1.165) is 0 Å². The fraction of sp³-hybridized carbons (Fsp3) is 0.500. The Hall–Kier alpha value is -1.07. The first kappa shape index (κ1) is 11.0. The molecule has 6 heteroatoms. The van der Waals surface area contributed by atoms with Gasteiger partial charge >= 0.3 is 5.97 Å². The van der Waals surface area contributed by atoms with Crippen molar-refractivity contribution in [3.8, 4) is 0 Å².